The number of aryl methyl sites for hydroxylation is 1. The van der Waals surface area contributed by atoms with Gasteiger partial charge in [-0.15, -0.1) is 10.2 Å². The number of aromatic nitrogens is 6. The van der Waals surface area contributed by atoms with Crippen LogP contribution in [0.2, 0.25) is 5.02 Å². The minimum atomic E-state index is -4.51. The first-order valence-electron chi connectivity index (χ1n) is 8.39. The van der Waals surface area contributed by atoms with Gasteiger partial charge in [0.1, 0.15) is 0 Å². The van der Waals surface area contributed by atoms with E-state index >= 15 is 0 Å². The minimum absolute atomic E-state index is 0.103. The standard InChI is InChI=1S/C17H12ClF3N6OS/c18-12-8-11(17(19,20)21)9-27-15(12)24-25-16(27)29-7-1-2-13-23-14(26-28-13)10-3-5-22-6-4-10/h3-6,8-9H,1-2,7H2. The van der Waals surface area contributed by atoms with Crippen LogP contribution in [-0.2, 0) is 12.6 Å². The predicted molar refractivity (Wildman–Crippen MR) is 99.6 cm³/mol. The first kappa shape index (κ1) is 19.6. The number of rotatable bonds is 6. The van der Waals surface area contributed by atoms with Crippen molar-refractivity contribution < 1.29 is 17.7 Å². The van der Waals surface area contributed by atoms with Crippen molar-refractivity contribution in [2.45, 2.75) is 24.2 Å². The first-order valence-corrected chi connectivity index (χ1v) is 9.75. The van der Waals surface area contributed by atoms with Crippen molar-refractivity contribution in [2.75, 3.05) is 5.75 Å². The largest absolute Gasteiger partial charge is 0.417 e. The lowest BCUT2D eigenvalue weighted by Crippen LogP contribution is -2.07. The Morgan fingerprint density at radius 2 is 1.97 bits per heavy atom. The summed E-state index contributed by atoms with van der Waals surface area (Å²) in [6.07, 6.45) is 0.903. The summed E-state index contributed by atoms with van der Waals surface area (Å²) in [6.45, 7) is 0. The summed E-state index contributed by atoms with van der Waals surface area (Å²) < 4.78 is 45.5. The van der Waals surface area contributed by atoms with Gasteiger partial charge in [0.25, 0.3) is 0 Å². The molecular weight excluding hydrogens is 429 g/mol. The molecule has 4 aromatic rings. The molecule has 0 aromatic carbocycles. The van der Waals surface area contributed by atoms with E-state index in [1.165, 1.54) is 16.2 Å². The van der Waals surface area contributed by atoms with Crippen molar-refractivity contribution in [3.63, 3.8) is 0 Å². The maximum absolute atomic E-state index is 13.0. The fourth-order valence-electron chi connectivity index (χ4n) is 2.55. The molecule has 0 spiro atoms. The Balaban J connectivity index is 1.39. The summed E-state index contributed by atoms with van der Waals surface area (Å²) in [7, 11) is 0. The van der Waals surface area contributed by atoms with Gasteiger partial charge in [-0.1, -0.05) is 28.5 Å². The molecule has 0 fully saturated rings. The fraction of sp³-hybridized carbons (Fsp3) is 0.235. The van der Waals surface area contributed by atoms with Crippen LogP contribution in [0, 0.1) is 0 Å². The van der Waals surface area contributed by atoms with E-state index in [-0.39, 0.29) is 10.7 Å². The monoisotopic (exact) mass is 440 g/mol. The van der Waals surface area contributed by atoms with Gasteiger partial charge in [-0.25, -0.2) is 0 Å². The smallest absolute Gasteiger partial charge is 0.339 e. The number of pyridine rings is 2. The second-order valence-corrected chi connectivity index (χ2v) is 7.42. The summed E-state index contributed by atoms with van der Waals surface area (Å²) in [5.74, 6) is 1.53. The molecule has 4 rings (SSSR count). The summed E-state index contributed by atoms with van der Waals surface area (Å²) in [6, 6.07) is 4.40. The van der Waals surface area contributed by atoms with E-state index in [0.717, 1.165) is 17.8 Å². The minimum Gasteiger partial charge on any atom is -0.339 e. The predicted octanol–water partition coefficient (Wildman–Crippen LogP) is 4.57. The quantitative estimate of drug-likeness (QED) is 0.321. The van der Waals surface area contributed by atoms with Crippen LogP contribution in [0.1, 0.15) is 17.9 Å². The lowest BCUT2D eigenvalue weighted by molar-refractivity contribution is -0.137. The van der Waals surface area contributed by atoms with Crippen LogP contribution in [0.5, 0.6) is 0 Å². The van der Waals surface area contributed by atoms with E-state index in [4.69, 9.17) is 16.1 Å². The number of hydrogen-bond acceptors (Lipinski definition) is 7. The van der Waals surface area contributed by atoms with Gasteiger partial charge < -0.3 is 4.52 Å². The number of halogens is 4. The molecule has 0 bridgehead atoms. The second-order valence-electron chi connectivity index (χ2n) is 5.95. The molecule has 7 nitrogen and oxygen atoms in total. The van der Waals surface area contributed by atoms with Crippen molar-refractivity contribution in [1.82, 2.24) is 29.7 Å². The number of alkyl halides is 3. The zero-order chi connectivity index (χ0) is 20.4. The lowest BCUT2D eigenvalue weighted by atomic mass is 10.2. The molecule has 12 heteroatoms. The molecule has 0 N–H and O–H groups in total. The normalized spacial score (nSPS) is 12.0. The van der Waals surface area contributed by atoms with Crippen molar-refractivity contribution >= 4 is 29.0 Å². The topological polar surface area (TPSA) is 82.0 Å². The number of hydrogen-bond donors (Lipinski definition) is 0. The van der Waals surface area contributed by atoms with Crippen LogP contribution in [0.25, 0.3) is 17.0 Å². The third-order valence-electron chi connectivity index (χ3n) is 3.93. The molecule has 4 aromatic heterocycles. The Hall–Kier alpha value is -2.66. The van der Waals surface area contributed by atoms with E-state index in [2.05, 4.69) is 25.3 Å². The van der Waals surface area contributed by atoms with Gasteiger partial charge in [0.2, 0.25) is 11.7 Å². The van der Waals surface area contributed by atoms with E-state index < -0.39 is 11.7 Å². The average Bonchev–Trinajstić information content (AvgIpc) is 3.33. The molecule has 0 saturated carbocycles. The molecule has 0 aliphatic carbocycles. The Labute approximate surface area is 171 Å². The number of fused-ring (bicyclic) bond motifs is 1. The van der Waals surface area contributed by atoms with Crippen LogP contribution >= 0.6 is 23.4 Å². The average molecular weight is 441 g/mol. The molecule has 0 amide bonds. The van der Waals surface area contributed by atoms with Gasteiger partial charge >= 0.3 is 6.18 Å². The molecule has 0 aliphatic heterocycles. The summed E-state index contributed by atoms with van der Waals surface area (Å²) in [5.41, 5.74) is 0.129. The molecule has 0 atom stereocenters. The van der Waals surface area contributed by atoms with Gasteiger partial charge in [-0.3, -0.25) is 9.38 Å². The lowest BCUT2D eigenvalue weighted by Gasteiger charge is -2.08. The van der Waals surface area contributed by atoms with E-state index in [0.29, 0.717) is 35.5 Å². The zero-order valence-electron chi connectivity index (χ0n) is 14.6. The van der Waals surface area contributed by atoms with Crippen LogP contribution in [0.4, 0.5) is 13.2 Å². The third-order valence-corrected chi connectivity index (χ3v) is 5.24. The Kier molecular flexibility index (Phi) is 5.41. The van der Waals surface area contributed by atoms with Crippen molar-refractivity contribution in [1.29, 1.82) is 0 Å². The van der Waals surface area contributed by atoms with Crippen LogP contribution < -0.4 is 0 Å². The van der Waals surface area contributed by atoms with Crippen molar-refractivity contribution in [3.05, 3.63) is 53.3 Å². The molecule has 4 heterocycles. The van der Waals surface area contributed by atoms with Crippen LogP contribution in [-0.4, -0.2) is 35.5 Å². The Bertz CT molecular complexity index is 1130. The van der Waals surface area contributed by atoms with E-state index in [9.17, 15) is 13.2 Å². The number of thioether (sulfide) groups is 1. The van der Waals surface area contributed by atoms with Crippen molar-refractivity contribution in [3.8, 4) is 11.4 Å². The summed E-state index contributed by atoms with van der Waals surface area (Å²) in [4.78, 5) is 8.26. The molecule has 0 unspecified atom stereocenters. The SMILES string of the molecule is FC(F)(F)c1cc(Cl)c2nnc(SCCCc3nc(-c4ccncc4)no3)n2c1. The molecule has 0 aliphatic rings. The maximum atomic E-state index is 13.0. The second kappa shape index (κ2) is 7.99. The zero-order valence-corrected chi connectivity index (χ0v) is 16.2. The molecular formula is C17H12ClF3N6OS. The summed E-state index contributed by atoms with van der Waals surface area (Å²) in [5, 5.41) is 12.0. The highest BCUT2D eigenvalue weighted by Crippen LogP contribution is 2.33. The highest BCUT2D eigenvalue weighted by Gasteiger charge is 2.32. The van der Waals surface area contributed by atoms with Gasteiger partial charge in [-0.2, -0.15) is 18.2 Å². The molecule has 0 radical (unpaired) electrons. The van der Waals surface area contributed by atoms with Gasteiger partial charge in [0.05, 0.1) is 10.6 Å². The van der Waals surface area contributed by atoms with Crippen LogP contribution in [0.3, 0.4) is 0 Å². The highest BCUT2D eigenvalue weighted by molar-refractivity contribution is 7.99. The van der Waals surface area contributed by atoms with E-state index in [1.807, 2.05) is 0 Å². The fourth-order valence-corrected chi connectivity index (χ4v) is 3.64. The van der Waals surface area contributed by atoms with Gasteiger partial charge in [0.15, 0.2) is 10.8 Å². The Morgan fingerprint density at radius 3 is 2.72 bits per heavy atom. The maximum Gasteiger partial charge on any atom is 0.417 e. The Morgan fingerprint density at radius 1 is 1.17 bits per heavy atom. The molecule has 150 valence electrons. The van der Waals surface area contributed by atoms with Crippen LogP contribution in [0.15, 0.2) is 46.5 Å². The van der Waals surface area contributed by atoms with Crippen molar-refractivity contribution in [2.24, 2.45) is 0 Å². The first-order chi connectivity index (χ1) is 13.9. The summed E-state index contributed by atoms with van der Waals surface area (Å²) >= 11 is 7.18. The molecule has 0 saturated heterocycles. The van der Waals surface area contributed by atoms with Gasteiger partial charge in [0, 0.05) is 36.3 Å². The molecule has 29 heavy (non-hydrogen) atoms. The number of nitrogens with zero attached hydrogens (tertiary/aromatic N) is 6. The highest BCUT2D eigenvalue weighted by atomic mass is 35.5. The van der Waals surface area contributed by atoms with Gasteiger partial charge in [-0.05, 0) is 24.6 Å². The van der Waals surface area contributed by atoms with E-state index in [1.54, 1.807) is 24.5 Å². The third kappa shape index (κ3) is 4.35.